The van der Waals surface area contributed by atoms with Crippen molar-refractivity contribution in [2.24, 2.45) is 0 Å². The van der Waals surface area contributed by atoms with Gasteiger partial charge in [-0.2, -0.15) is 4.31 Å². The van der Waals surface area contributed by atoms with E-state index in [1.807, 2.05) is 13.0 Å². The summed E-state index contributed by atoms with van der Waals surface area (Å²) >= 11 is 1.42. The molecule has 0 bridgehead atoms. The third-order valence-corrected chi connectivity index (χ3v) is 7.44. The highest BCUT2D eigenvalue weighted by Crippen LogP contribution is 2.26. The third-order valence-electron chi connectivity index (χ3n) is 4.59. The SMILES string of the molecule is CCn1c(CSc2nncn2N)nc2cc(S(=O)(=O)N3CCOCC3)ccc21. The minimum atomic E-state index is -3.56. The summed E-state index contributed by atoms with van der Waals surface area (Å²) in [5.74, 6) is 7.12. The Balaban J connectivity index is 1.65. The first-order valence-corrected chi connectivity index (χ1v) is 11.3. The van der Waals surface area contributed by atoms with Gasteiger partial charge in [0.1, 0.15) is 12.2 Å². The Morgan fingerprint density at radius 1 is 1.29 bits per heavy atom. The minimum Gasteiger partial charge on any atom is -0.379 e. The van der Waals surface area contributed by atoms with Crippen LogP contribution in [0.3, 0.4) is 0 Å². The van der Waals surface area contributed by atoms with E-state index >= 15 is 0 Å². The number of hydrogen-bond acceptors (Lipinski definition) is 8. The van der Waals surface area contributed by atoms with Gasteiger partial charge in [-0.1, -0.05) is 11.8 Å². The minimum absolute atomic E-state index is 0.253. The van der Waals surface area contributed by atoms with Crippen molar-refractivity contribution in [3.8, 4) is 0 Å². The van der Waals surface area contributed by atoms with Crippen LogP contribution < -0.4 is 5.84 Å². The molecule has 1 aliphatic heterocycles. The number of imidazole rings is 1. The van der Waals surface area contributed by atoms with Crippen molar-refractivity contribution in [2.75, 3.05) is 32.1 Å². The van der Waals surface area contributed by atoms with E-state index in [4.69, 9.17) is 10.6 Å². The maximum Gasteiger partial charge on any atom is 0.243 e. The third kappa shape index (κ3) is 3.48. The van der Waals surface area contributed by atoms with E-state index in [-0.39, 0.29) is 4.90 Å². The Kier molecular flexibility index (Phi) is 5.27. The van der Waals surface area contributed by atoms with Gasteiger partial charge in [-0.3, -0.25) is 0 Å². The van der Waals surface area contributed by atoms with Crippen LogP contribution in [0.15, 0.2) is 34.6 Å². The zero-order valence-corrected chi connectivity index (χ0v) is 17.0. The van der Waals surface area contributed by atoms with Crippen molar-refractivity contribution in [3.63, 3.8) is 0 Å². The second-order valence-corrected chi connectivity index (χ2v) is 9.13. The Morgan fingerprint density at radius 3 is 2.75 bits per heavy atom. The molecule has 0 spiro atoms. The summed E-state index contributed by atoms with van der Waals surface area (Å²) in [6.45, 7) is 4.31. The molecule has 0 saturated carbocycles. The van der Waals surface area contributed by atoms with Gasteiger partial charge in [0.2, 0.25) is 15.2 Å². The van der Waals surface area contributed by atoms with E-state index < -0.39 is 10.0 Å². The summed E-state index contributed by atoms with van der Waals surface area (Å²) in [4.78, 5) is 4.92. The van der Waals surface area contributed by atoms with Gasteiger partial charge in [0.05, 0.1) is 34.9 Å². The summed E-state index contributed by atoms with van der Waals surface area (Å²) < 4.78 is 36.0. The quantitative estimate of drug-likeness (QED) is 0.454. The number of aryl methyl sites for hydroxylation is 1. The van der Waals surface area contributed by atoms with E-state index in [2.05, 4.69) is 19.7 Å². The average molecular weight is 424 g/mol. The number of morpholine rings is 1. The Labute approximate surface area is 166 Å². The summed E-state index contributed by atoms with van der Waals surface area (Å²) in [7, 11) is -3.56. The van der Waals surface area contributed by atoms with Crippen molar-refractivity contribution < 1.29 is 13.2 Å². The van der Waals surface area contributed by atoms with Crippen molar-refractivity contribution in [2.45, 2.75) is 29.3 Å². The van der Waals surface area contributed by atoms with Crippen LogP contribution in [0.25, 0.3) is 11.0 Å². The summed E-state index contributed by atoms with van der Waals surface area (Å²) in [5, 5.41) is 8.31. The lowest BCUT2D eigenvalue weighted by molar-refractivity contribution is 0.0730. The molecule has 0 amide bonds. The van der Waals surface area contributed by atoms with Crippen LogP contribution in [0.5, 0.6) is 0 Å². The van der Waals surface area contributed by atoms with Crippen molar-refractivity contribution in [1.82, 2.24) is 28.7 Å². The molecule has 1 saturated heterocycles. The van der Waals surface area contributed by atoms with Crippen LogP contribution in [0, 0.1) is 0 Å². The molecule has 3 aromatic rings. The van der Waals surface area contributed by atoms with Gasteiger partial charge in [-0.05, 0) is 25.1 Å². The van der Waals surface area contributed by atoms with Crippen LogP contribution in [-0.2, 0) is 27.1 Å². The summed E-state index contributed by atoms with van der Waals surface area (Å²) in [5.41, 5.74) is 1.55. The van der Waals surface area contributed by atoms with E-state index in [0.717, 1.165) is 17.9 Å². The highest BCUT2D eigenvalue weighted by molar-refractivity contribution is 7.98. The standard InChI is InChI=1S/C16H21N7O3S2/c1-2-22-14-4-3-12(28(24,25)21-5-7-26-8-6-21)9-13(14)19-15(22)10-27-16-20-18-11-23(16)17/h3-4,9,11H,2,5-8,10,17H2,1H3. The second kappa shape index (κ2) is 7.70. The van der Waals surface area contributed by atoms with Crippen LogP contribution in [0.4, 0.5) is 0 Å². The highest BCUT2D eigenvalue weighted by Gasteiger charge is 2.27. The van der Waals surface area contributed by atoms with E-state index in [9.17, 15) is 8.42 Å². The number of nitrogen functional groups attached to an aromatic ring is 1. The van der Waals surface area contributed by atoms with Crippen LogP contribution in [-0.4, -0.2) is 63.5 Å². The predicted octanol–water partition coefficient (Wildman–Crippen LogP) is 0.675. The number of hydrogen-bond donors (Lipinski definition) is 1. The first-order chi connectivity index (χ1) is 13.5. The fourth-order valence-corrected chi connectivity index (χ4v) is 5.39. The topological polar surface area (TPSA) is 121 Å². The van der Waals surface area contributed by atoms with Gasteiger partial charge in [0.15, 0.2) is 0 Å². The largest absolute Gasteiger partial charge is 0.379 e. The molecule has 2 N–H and O–H groups in total. The number of sulfonamides is 1. The van der Waals surface area contributed by atoms with E-state index in [1.54, 1.807) is 12.1 Å². The van der Waals surface area contributed by atoms with Crippen molar-refractivity contribution >= 4 is 32.8 Å². The molecular formula is C16H21N7O3S2. The molecule has 10 nitrogen and oxygen atoms in total. The zero-order valence-electron chi connectivity index (χ0n) is 15.4. The van der Waals surface area contributed by atoms with E-state index in [0.29, 0.717) is 42.7 Å². The summed E-state index contributed by atoms with van der Waals surface area (Å²) in [6.07, 6.45) is 1.44. The molecule has 2 aromatic heterocycles. The molecule has 0 radical (unpaired) electrons. The molecular weight excluding hydrogens is 402 g/mol. The van der Waals surface area contributed by atoms with E-state index in [1.165, 1.54) is 27.1 Å². The molecule has 150 valence electrons. The second-order valence-electron chi connectivity index (χ2n) is 6.25. The van der Waals surface area contributed by atoms with Gasteiger partial charge in [0, 0.05) is 19.6 Å². The fraction of sp³-hybridized carbons (Fsp3) is 0.438. The lowest BCUT2D eigenvalue weighted by atomic mass is 10.3. The summed E-state index contributed by atoms with van der Waals surface area (Å²) in [6, 6.07) is 5.11. The Morgan fingerprint density at radius 2 is 2.07 bits per heavy atom. The number of aromatic nitrogens is 5. The molecule has 1 fully saturated rings. The van der Waals surface area contributed by atoms with Gasteiger partial charge in [0.25, 0.3) is 0 Å². The fourth-order valence-electron chi connectivity index (χ4n) is 3.18. The number of benzene rings is 1. The lowest BCUT2D eigenvalue weighted by Crippen LogP contribution is -2.40. The van der Waals surface area contributed by atoms with Crippen molar-refractivity contribution in [1.29, 1.82) is 0 Å². The Hall–Kier alpha value is -2.15. The molecule has 0 aliphatic carbocycles. The maximum atomic E-state index is 12.9. The van der Waals surface area contributed by atoms with Gasteiger partial charge in [-0.25, -0.2) is 18.1 Å². The van der Waals surface area contributed by atoms with Crippen LogP contribution in [0.1, 0.15) is 12.7 Å². The predicted molar refractivity (Wildman–Crippen MR) is 105 cm³/mol. The molecule has 28 heavy (non-hydrogen) atoms. The number of nitrogens with zero attached hydrogens (tertiary/aromatic N) is 6. The zero-order chi connectivity index (χ0) is 19.7. The molecule has 3 heterocycles. The van der Waals surface area contributed by atoms with Crippen LogP contribution in [0.2, 0.25) is 0 Å². The molecule has 0 atom stereocenters. The average Bonchev–Trinajstić information content (AvgIpc) is 3.28. The molecule has 12 heteroatoms. The Bertz CT molecular complexity index is 1090. The highest BCUT2D eigenvalue weighted by atomic mass is 32.2. The van der Waals surface area contributed by atoms with Gasteiger partial charge >= 0.3 is 0 Å². The molecule has 4 rings (SSSR count). The van der Waals surface area contributed by atoms with Crippen LogP contribution >= 0.6 is 11.8 Å². The number of nitrogens with two attached hydrogens (primary N) is 1. The molecule has 1 aliphatic rings. The first-order valence-electron chi connectivity index (χ1n) is 8.85. The molecule has 1 aromatic carbocycles. The number of thioether (sulfide) groups is 1. The van der Waals surface area contributed by atoms with Gasteiger partial charge in [-0.15, -0.1) is 10.2 Å². The maximum absolute atomic E-state index is 12.9. The lowest BCUT2D eigenvalue weighted by Gasteiger charge is -2.26. The number of rotatable bonds is 6. The molecule has 0 unspecified atom stereocenters. The number of fused-ring (bicyclic) bond motifs is 1. The smallest absolute Gasteiger partial charge is 0.243 e. The monoisotopic (exact) mass is 423 g/mol. The van der Waals surface area contributed by atoms with Crippen molar-refractivity contribution in [3.05, 3.63) is 30.4 Å². The number of ether oxygens (including phenoxy) is 1. The normalized spacial score (nSPS) is 16.0. The van der Waals surface area contributed by atoms with Gasteiger partial charge < -0.3 is 15.1 Å². The first kappa shape index (κ1) is 19.2.